The largest absolute Gasteiger partial charge is 0.300 e. The quantitative estimate of drug-likeness (QED) is 0.766. The van der Waals surface area contributed by atoms with Crippen molar-refractivity contribution >= 4 is 9.24 Å². The number of benzene rings is 1. The van der Waals surface area contributed by atoms with Crippen molar-refractivity contribution in [3.63, 3.8) is 0 Å². The topological polar surface area (TPSA) is 17.8 Å². The molecule has 90 valence electrons. The smallest absolute Gasteiger partial charge is 0.263 e. The number of hydrogen-bond donors (Lipinski definition) is 0. The monoisotopic (exact) mass is 254 g/mol. The van der Waals surface area contributed by atoms with E-state index in [0.29, 0.717) is 12.1 Å². The van der Waals surface area contributed by atoms with E-state index in [1.54, 1.807) is 28.3 Å². The van der Waals surface area contributed by atoms with Crippen LogP contribution < -0.4 is 0 Å². The third kappa shape index (κ3) is 2.37. The van der Waals surface area contributed by atoms with Gasteiger partial charge in [-0.25, -0.2) is 0 Å². The number of halogens is 2. The average Bonchev–Trinajstić information content (AvgIpc) is 2.73. The summed E-state index contributed by atoms with van der Waals surface area (Å²) in [6.07, 6.45) is 1.49. The molecule has 0 aliphatic rings. The minimum Gasteiger partial charge on any atom is -0.263 e. The third-order valence-electron chi connectivity index (χ3n) is 2.54. The highest BCUT2D eigenvalue weighted by Crippen LogP contribution is 2.40. The maximum absolute atomic E-state index is 13.6. The van der Waals surface area contributed by atoms with Gasteiger partial charge in [0.05, 0.1) is 6.20 Å². The molecule has 0 amide bonds. The van der Waals surface area contributed by atoms with Gasteiger partial charge in [-0.3, -0.25) is 4.68 Å². The van der Waals surface area contributed by atoms with Gasteiger partial charge in [0.1, 0.15) is 5.69 Å². The van der Waals surface area contributed by atoms with Gasteiger partial charge >= 0.3 is 5.66 Å². The Morgan fingerprint density at radius 1 is 1.29 bits per heavy atom. The first kappa shape index (κ1) is 12.2. The van der Waals surface area contributed by atoms with E-state index in [2.05, 4.69) is 5.10 Å². The molecule has 5 heteroatoms. The molecule has 1 atom stereocenters. The first-order valence-electron chi connectivity index (χ1n) is 5.32. The Labute approximate surface area is 101 Å². The number of nitrogens with zero attached hydrogens (tertiary/aromatic N) is 2. The number of rotatable bonds is 3. The summed E-state index contributed by atoms with van der Waals surface area (Å²) in [5.74, 6) is 0. The predicted molar refractivity (Wildman–Crippen MR) is 66.9 cm³/mol. The summed E-state index contributed by atoms with van der Waals surface area (Å²) in [6.45, 7) is 2.22. The second kappa shape index (κ2) is 4.53. The number of aromatic nitrogens is 2. The lowest BCUT2D eigenvalue weighted by Gasteiger charge is -2.14. The molecule has 1 unspecified atom stereocenters. The molecule has 0 radical (unpaired) electrons. The van der Waals surface area contributed by atoms with Crippen LogP contribution in [0.5, 0.6) is 0 Å². The zero-order chi connectivity index (χ0) is 12.5. The van der Waals surface area contributed by atoms with Crippen molar-refractivity contribution in [2.24, 2.45) is 0 Å². The second-order valence-corrected chi connectivity index (χ2v) is 4.44. The normalized spacial score (nSPS) is 11.8. The van der Waals surface area contributed by atoms with Gasteiger partial charge in [0, 0.05) is 12.1 Å². The first-order chi connectivity index (χ1) is 8.04. The van der Waals surface area contributed by atoms with Crippen LogP contribution in [-0.2, 0) is 12.2 Å². The minimum atomic E-state index is -2.97. The molecular formula is C12H13F2N2P. The standard InChI is InChI=1S/C12H13F2N2P/c1-2-16-11(12(13,14)17)10(8-15-16)9-6-4-3-5-7-9/h3-8H,2,17H2,1H3. The Morgan fingerprint density at radius 2 is 1.94 bits per heavy atom. The summed E-state index contributed by atoms with van der Waals surface area (Å²) < 4.78 is 28.5. The van der Waals surface area contributed by atoms with Crippen LogP contribution in [0.1, 0.15) is 12.6 Å². The minimum absolute atomic E-state index is 0.0591. The summed E-state index contributed by atoms with van der Waals surface area (Å²) in [5, 5.41) is 4.00. The van der Waals surface area contributed by atoms with Crippen molar-refractivity contribution in [2.45, 2.75) is 19.1 Å². The van der Waals surface area contributed by atoms with Crippen LogP contribution in [-0.4, -0.2) is 9.78 Å². The van der Waals surface area contributed by atoms with Crippen LogP contribution in [0.2, 0.25) is 0 Å². The molecule has 1 aromatic carbocycles. The molecule has 2 rings (SSSR count). The maximum atomic E-state index is 13.6. The van der Waals surface area contributed by atoms with Gasteiger partial charge < -0.3 is 0 Å². The van der Waals surface area contributed by atoms with Crippen molar-refractivity contribution in [3.05, 3.63) is 42.2 Å². The van der Waals surface area contributed by atoms with Crippen molar-refractivity contribution in [1.82, 2.24) is 9.78 Å². The lowest BCUT2D eigenvalue weighted by atomic mass is 10.1. The molecule has 1 aromatic heterocycles. The van der Waals surface area contributed by atoms with Crippen LogP contribution in [0.15, 0.2) is 36.5 Å². The van der Waals surface area contributed by atoms with E-state index in [0.717, 1.165) is 5.56 Å². The Bertz CT molecular complexity index is 503. The van der Waals surface area contributed by atoms with Gasteiger partial charge in [0.15, 0.2) is 0 Å². The summed E-state index contributed by atoms with van der Waals surface area (Å²) in [6, 6.07) is 9.10. The molecule has 17 heavy (non-hydrogen) atoms. The summed E-state index contributed by atoms with van der Waals surface area (Å²) in [5.41, 5.74) is -1.80. The number of hydrogen-bond acceptors (Lipinski definition) is 1. The highest BCUT2D eigenvalue weighted by Gasteiger charge is 2.32. The molecule has 0 aliphatic carbocycles. The van der Waals surface area contributed by atoms with Gasteiger partial charge in [0.2, 0.25) is 0 Å². The molecule has 0 saturated carbocycles. The highest BCUT2D eigenvalue weighted by atomic mass is 31.0. The Balaban J connectivity index is 2.60. The summed E-state index contributed by atoms with van der Waals surface area (Å²) >= 11 is 0. The molecule has 0 aliphatic heterocycles. The van der Waals surface area contributed by atoms with Gasteiger partial charge in [-0.1, -0.05) is 39.6 Å². The zero-order valence-corrected chi connectivity index (χ0v) is 10.6. The first-order valence-corrected chi connectivity index (χ1v) is 5.90. The molecule has 0 fully saturated rings. The van der Waals surface area contributed by atoms with Crippen molar-refractivity contribution < 1.29 is 8.78 Å². The summed E-state index contributed by atoms with van der Waals surface area (Å²) in [7, 11) is 1.57. The van der Waals surface area contributed by atoms with Gasteiger partial charge in [-0.05, 0) is 12.5 Å². The molecule has 2 aromatic rings. The van der Waals surface area contributed by atoms with E-state index < -0.39 is 5.66 Å². The number of alkyl halides is 2. The molecule has 1 heterocycles. The maximum Gasteiger partial charge on any atom is 0.300 e. The second-order valence-electron chi connectivity index (χ2n) is 3.71. The van der Waals surface area contributed by atoms with E-state index >= 15 is 0 Å². The van der Waals surface area contributed by atoms with Crippen molar-refractivity contribution in [1.29, 1.82) is 0 Å². The van der Waals surface area contributed by atoms with E-state index in [-0.39, 0.29) is 5.69 Å². The van der Waals surface area contributed by atoms with Crippen LogP contribution in [0, 0.1) is 0 Å². The van der Waals surface area contributed by atoms with E-state index in [9.17, 15) is 8.78 Å². The van der Waals surface area contributed by atoms with Gasteiger partial charge in [-0.2, -0.15) is 13.9 Å². The summed E-state index contributed by atoms with van der Waals surface area (Å²) in [4.78, 5) is 0. The van der Waals surface area contributed by atoms with E-state index in [1.807, 2.05) is 18.2 Å². The molecule has 0 N–H and O–H groups in total. The lowest BCUT2D eigenvalue weighted by molar-refractivity contribution is 0.0933. The van der Waals surface area contributed by atoms with Crippen LogP contribution in [0.4, 0.5) is 8.78 Å². The van der Waals surface area contributed by atoms with Gasteiger partial charge in [0.25, 0.3) is 0 Å². The zero-order valence-electron chi connectivity index (χ0n) is 9.40. The Kier molecular flexibility index (Phi) is 3.25. The third-order valence-corrected chi connectivity index (χ3v) is 2.81. The Morgan fingerprint density at radius 3 is 2.47 bits per heavy atom. The predicted octanol–water partition coefficient (Wildman–Crippen LogP) is 3.49. The SMILES string of the molecule is CCn1ncc(-c2ccccc2)c1C(F)(F)P. The lowest BCUT2D eigenvalue weighted by Crippen LogP contribution is -2.13. The van der Waals surface area contributed by atoms with Crippen molar-refractivity contribution in [2.75, 3.05) is 0 Å². The van der Waals surface area contributed by atoms with Crippen LogP contribution >= 0.6 is 9.24 Å². The molecule has 0 saturated heterocycles. The fourth-order valence-electron chi connectivity index (χ4n) is 1.81. The van der Waals surface area contributed by atoms with Crippen LogP contribution in [0.3, 0.4) is 0 Å². The van der Waals surface area contributed by atoms with Crippen molar-refractivity contribution in [3.8, 4) is 11.1 Å². The fraction of sp³-hybridized carbons (Fsp3) is 0.250. The highest BCUT2D eigenvalue weighted by molar-refractivity contribution is 7.17. The average molecular weight is 254 g/mol. The molecule has 0 spiro atoms. The fourth-order valence-corrected chi connectivity index (χ4v) is 2.11. The number of aryl methyl sites for hydroxylation is 1. The molecular weight excluding hydrogens is 241 g/mol. The van der Waals surface area contributed by atoms with E-state index in [4.69, 9.17) is 0 Å². The van der Waals surface area contributed by atoms with E-state index in [1.165, 1.54) is 10.9 Å². The molecule has 0 bridgehead atoms. The Hall–Kier alpha value is -1.28. The van der Waals surface area contributed by atoms with Crippen LogP contribution in [0.25, 0.3) is 11.1 Å². The molecule has 2 nitrogen and oxygen atoms in total. The van der Waals surface area contributed by atoms with Gasteiger partial charge in [-0.15, -0.1) is 0 Å².